The summed E-state index contributed by atoms with van der Waals surface area (Å²) in [5, 5.41) is 3.56. The van der Waals surface area contributed by atoms with Gasteiger partial charge in [-0.1, -0.05) is 41.4 Å². The Kier molecular flexibility index (Phi) is 5.99. The minimum absolute atomic E-state index is 0.0595. The number of benzene rings is 3. The van der Waals surface area contributed by atoms with Gasteiger partial charge in [0.2, 0.25) is 0 Å². The molecule has 0 spiro atoms. The van der Waals surface area contributed by atoms with Crippen molar-refractivity contribution in [2.24, 2.45) is 0 Å². The van der Waals surface area contributed by atoms with E-state index in [9.17, 15) is 14.0 Å². The van der Waals surface area contributed by atoms with Crippen molar-refractivity contribution in [1.29, 1.82) is 0 Å². The lowest BCUT2D eigenvalue weighted by molar-refractivity contribution is 0.0934. The van der Waals surface area contributed by atoms with Gasteiger partial charge in [-0.2, -0.15) is 0 Å². The second-order valence-corrected chi connectivity index (χ2v) is 8.30. The Morgan fingerprint density at radius 2 is 1.81 bits per heavy atom. The van der Waals surface area contributed by atoms with Crippen molar-refractivity contribution in [3.8, 4) is 0 Å². The summed E-state index contributed by atoms with van der Waals surface area (Å²) < 4.78 is 14.0. The smallest absolute Gasteiger partial charge is 0.258 e. The maximum atomic E-state index is 14.0. The summed E-state index contributed by atoms with van der Waals surface area (Å²) in [6.45, 7) is 2.40. The number of anilines is 1. The molecule has 4 rings (SSSR count). The molecule has 0 fully saturated rings. The van der Waals surface area contributed by atoms with Gasteiger partial charge in [-0.05, 0) is 66.9 Å². The molecule has 0 radical (unpaired) electrons. The van der Waals surface area contributed by atoms with Crippen LogP contribution < -0.4 is 10.2 Å². The van der Waals surface area contributed by atoms with E-state index in [1.807, 2.05) is 25.1 Å². The van der Waals surface area contributed by atoms with E-state index in [1.54, 1.807) is 29.2 Å². The van der Waals surface area contributed by atoms with Crippen molar-refractivity contribution < 1.29 is 14.0 Å². The number of fused-ring (bicyclic) bond motifs is 1. The minimum atomic E-state index is -0.665. The third-order valence-corrected chi connectivity index (χ3v) is 5.81. The molecule has 1 N–H and O–H groups in total. The van der Waals surface area contributed by atoms with Crippen LogP contribution in [0.5, 0.6) is 0 Å². The van der Waals surface area contributed by atoms with Gasteiger partial charge in [-0.3, -0.25) is 9.59 Å². The predicted octanol–water partition coefficient (Wildman–Crippen LogP) is 5.83. The second kappa shape index (κ2) is 8.69. The molecule has 1 heterocycles. The van der Waals surface area contributed by atoms with E-state index in [1.165, 1.54) is 12.1 Å². The van der Waals surface area contributed by atoms with Crippen LogP contribution in [0.25, 0.3) is 0 Å². The molecular weight excluding hydrogens is 438 g/mol. The first-order chi connectivity index (χ1) is 14.8. The van der Waals surface area contributed by atoms with Gasteiger partial charge in [-0.25, -0.2) is 4.39 Å². The van der Waals surface area contributed by atoms with Crippen LogP contribution in [-0.4, -0.2) is 18.4 Å². The number of amides is 2. The van der Waals surface area contributed by atoms with Crippen LogP contribution in [-0.2, 0) is 6.42 Å². The quantitative estimate of drug-likeness (QED) is 0.536. The molecule has 0 aliphatic carbocycles. The summed E-state index contributed by atoms with van der Waals surface area (Å²) in [5.74, 6) is -1.28. The summed E-state index contributed by atoms with van der Waals surface area (Å²) in [6, 6.07) is 16.2. The van der Waals surface area contributed by atoms with Crippen molar-refractivity contribution in [2.75, 3.05) is 11.4 Å². The molecule has 1 aliphatic heterocycles. The van der Waals surface area contributed by atoms with Gasteiger partial charge in [0.1, 0.15) is 5.82 Å². The maximum Gasteiger partial charge on any atom is 0.258 e. The summed E-state index contributed by atoms with van der Waals surface area (Å²) in [6.07, 6.45) is 0.710. The Bertz CT molecular complexity index is 1180. The lowest BCUT2D eigenvalue weighted by Crippen LogP contribution is -2.29. The fourth-order valence-corrected chi connectivity index (χ4v) is 4.06. The number of rotatable bonds is 4. The molecule has 0 saturated heterocycles. The van der Waals surface area contributed by atoms with Crippen molar-refractivity contribution in [1.82, 2.24) is 5.32 Å². The minimum Gasteiger partial charge on any atom is -0.345 e. The molecule has 1 atom stereocenters. The Hall–Kier alpha value is -2.89. The molecule has 7 heteroatoms. The van der Waals surface area contributed by atoms with Crippen LogP contribution in [0.4, 0.5) is 10.1 Å². The van der Waals surface area contributed by atoms with E-state index in [2.05, 4.69) is 5.32 Å². The topological polar surface area (TPSA) is 49.4 Å². The Morgan fingerprint density at radius 3 is 2.55 bits per heavy atom. The first-order valence-electron chi connectivity index (χ1n) is 9.79. The van der Waals surface area contributed by atoms with Gasteiger partial charge in [-0.15, -0.1) is 0 Å². The summed E-state index contributed by atoms with van der Waals surface area (Å²) in [5.41, 5.74) is 3.21. The molecule has 0 saturated carbocycles. The average molecular weight is 457 g/mol. The number of halogens is 3. The summed E-state index contributed by atoms with van der Waals surface area (Å²) in [7, 11) is 0. The molecule has 158 valence electrons. The third-order valence-electron chi connectivity index (χ3n) is 5.34. The number of carbonyl (C=O) groups excluding carboxylic acids is 2. The van der Waals surface area contributed by atoms with Crippen molar-refractivity contribution in [3.05, 3.63) is 98.8 Å². The van der Waals surface area contributed by atoms with E-state index in [0.717, 1.165) is 22.9 Å². The predicted molar refractivity (Wildman–Crippen MR) is 121 cm³/mol. The lowest BCUT2D eigenvalue weighted by Gasteiger charge is -2.19. The maximum absolute atomic E-state index is 14.0. The van der Waals surface area contributed by atoms with Crippen LogP contribution in [0.15, 0.2) is 60.7 Å². The van der Waals surface area contributed by atoms with Gasteiger partial charge in [0, 0.05) is 27.8 Å². The van der Waals surface area contributed by atoms with Gasteiger partial charge in [0.15, 0.2) is 0 Å². The Labute approximate surface area is 189 Å². The molecule has 3 aromatic rings. The van der Waals surface area contributed by atoms with E-state index < -0.39 is 11.7 Å². The van der Waals surface area contributed by atoms with Crippen molar-refractivity contribution >= 4 is 40.7 Å². The molecule has 0 bridgehead atoms. The average Bonchev–Trinajstić information content (AvgIpc) is 3.16. The monoisotopic (exact) mass is 456 g/mol. The molecule has 0 unspecified atom stereocenters. The van der Waals surface area contributed by atoms with Crippen LogP contribution in [0.1, 0.15) is 44.8 Å². The number of hydrogen-bond donors (Lipinski definition) is 1. The normalized spacial score (nSPS) is 13.6. The van der Waals surface area contributed by atoms with Crippen LogP contribution >= 0.6 is 23.2 Å². The molecule has 4 nitrogen and oxygen atoms in total. The van der Waals surface area contributed by atoms with Crippen LogP contribution in [0.2, 0.25) is 10.0 Å². The molecule has 0 aromatic heterocycles. The lowest BCUT2D eigenvalue weighted by atomic mass is 10.0. The highest BCUT2D eigenvalue weighted by atomic mass is 35.5. The standard InChI is InChI=1S/C24H19Cl2FN2O2/c1-14(28-23(30)20-7-6-19(26)13-21(20)27)15-5-8-22-16(11-15)9-10-29(22)24(31)17-3-2-4-18(25)12-17/h2-8,11-14H,9-10H2,1H3,(H,28,30)/t14-/m1/s1. The third kappa shape index (κ3) is 4.43. The Morgan fingerprint density at radius 1 is 1.03 bits per heavy atom. The molecule has 3 aromatic carbocycles. The highest BCUT2D eigenvalue weighted by Gasteiger charge is 2.26. The van der Waals surface area contributed by atoms with Gasteiger partial charge >= 0.3 is 0 Å². The second-order valence-electron chi connectivity index (χ2n) is 7.42. The number of hydrogen-bond acceptors (Lipinski definition) is 2. The SMILES string of the molecule is C[C@@H](NC(=O)c1ccc(Cl)cc1F)c1ccc2c(c1)CCN2C(=O)c1cccc(Cl)c1. The fraction of sp³-hybridized carbons (Fsp3) is 0.167. The fourth-order valence-electron chi connectivity index (χ4n) is 3.71. The van der Waals surface area contributed by atoms with Gasteiger partial charge < -0.3 is 10.2 Å². The van der Waals surface area contributed by atoms with E-state index in [-0.39, 0.29) is 22.5 Å². The van der Waals surface area contributed by atoms with Crippen LogP contribution in [0.3, 0.4) is 0 Å². The highest BCUT2D eigenvalue weighted by molar-refractivity contribution is 6.31. The van der Waals surface area contributed by atoms with Crippen LogP contribution in [0, 0.1) is 5.82 Å². The largest absolute Gasteiger partial charge is 0.345 e. The first-order valence-corrected chi connectivity index (χ1v) is 10.6. The number of nitrogens with zero attached hydrogens (tertiary/aromatic N) is 1. The van der Waals surface area contributed by atoms with Crippen molar-refractivity contribution in [2.45, 2.75) is 19.4 Å². The zero-order valence-corrected chi connectivity index (χ0v) is 18.2. The van der Waals surface area contributed by atoms with E-state index >= 15 is 0 Å². The van der Waals surface area contributed by atoms with Gasteiger partial charge in [0.05, 0.1) is 11.6 Å². The van der Waals surface area contributed by atoms with Crippen molar-refractivity contribution in [3.63, 3.8) is 0 Å². The summed E-state index contributed by atoms with van der Waals surface area (Å²) >= 11 is 11.8. The number of carbonyl (C=O) groups is 2. The number of nitrogens with one attached hydrogen (secondary N) is 1. The van der Waals surface area contributed by atoms with E-state index in [4.69, 9.17) is 23.2 Å². The first kappa shape index (κ1) is 21.3. The Balaban J connectivity index is 1.51. The highest BCUT2D eigenvalue weighted by Crippen LogP contribution is 2.32. The molecule has 1 aliphatic rings. The van der Waals surface area contributed by atoms with Gasteiger partial charge in [0.25, 0.3) is 11.8 Å². The molecule has 2 amide bonds. The van der Waals surface area contributed by atoms with E-state index in [0.29, 0.717) is 23.6 Å². The molecular formula is C24H19Cl2FN2O2. The zero-order chi connectivity index (χ0) is 22.1. The summed E-state index contributed by atoms with van der Waals surface area (Å²) in [4.78, 5) is 27.1. The molecule has 31 heavy (non-hydrogen) atoms. The zero-order valence-electron chi connectivity index (χ0n) is 16.7.